The lowest BCUT2D eigenvalue weighted by molar-refractivity contribution is -0.116. The van der Waals surface area contributed by atoms with Crippen LogP contribution < -0.4 is 14.8 Å². The zero-order valence-electron chi connectivity index (χ0n) is 19.0. The Kier molecular flexibility index (Phi) is 8.46. The van der Waals surface area contributed by atoms with Crippen LogP contribution in [0, 0.1) is 0 Å². The number of anilines is 1. The number of amides is 1. The Morgan fingerprint density at radius 3 is 2.36 bits per heavy atom. The zero-order valence-corrected chi connectivity index (χ0v) is 19.8. The summed E-state index contributed by atoms with van der Waals surface area (Å²) in [5.74, 6) is 0.734. The predicted molar refractivity (Wildman–Crippen MR) is 125 cm³/mol. The van der Waals surface area contributed by atoms with Crippen molar-refractivity contribution in [1.82, 2.24) is 4.31 Å². The van der Waals surface area contributed by atoms with Crippen molar-refractivity contribution in [3.63, 3.8) is 0 Å². The van der Waals surface area contributed by atoms with Gasteiger partial charge in [0.05, 0.1) is 24.3 Å². The fourth-order valence-electron chi connectivity index (χ4n) is 3.62. The van der Waals surface area contributed by atoms with Gasteiger partial charge in [0, 0.05) is 25.1 Å². The monoisotopic (exact) mass is 474 g/mol. The highest BCUT2D eigenvalue weighted by Gasteiger charge is 2.27. The van der Waals surface area contributed by atoms with Crippen LogP contribution in [0.3, 0.4) is 0 Å². The summed E-state index contributed by atoms with van der Waals surface area (Å²) >= 11 is 0. The Balaban J connectivity index is 1.57. The predicted octanol–water partition coefficient (Wildman–Crippen LogP) is 3.87. The lowest BCUT2D eigenvalue weighted by atomic mass is 10.1. The molecular weight excluding hydrogens is 444 g/mol. The van der Waals surface area contributed by atoms with E-state index in [4.69, 9.17) is 9.47 Å². The molecule has 0 saturated carbocycles. The molecule has 9 heteroatoms. The summed E-state index contributed by atoms with van der Waals surface area (Å²) in [7, 11) is -2.15. The summed E-state index contributed by atoms with van der Waals surface area (Å²) in [5, 5.41) is 2.76. The number of Topliss-reactive ketones (excluding diaryl/α,β-unsaturated/α-hetero) is 1. The van der Waals surface area contributed by atoms with Gasteiger partial charge in [-0.2, -0.15) is 4.31 Å². The molecule has 0 aliphatic carbocycles. The molecule has 0 spiro atoms. The summed E-state index contributed by atoms with van der Waals surface area (Å²) in [4.78, 5) is 23.9. The summed E-state index contributed by atoms with van der Waals surface area (Å²) in [5.41, 5.74) is 0.932. The highest BCUT2D eigenvalue weighted by atomic mass is 32.2. The normalized spacial score (nSPS) is 14.5. The van der Waals surface area contributed by atoms with Crippen LogP contribution in [0.25, 0.3) is 0 Å². The average molecular weight is 475 g/mol. The number of hydrogen-bond acceptors (Lipinski definition) is 6. The topological polar surface area (TPSA) is 102 Å². The minimum Gasteiger partial charge on any atom is -0.495 e. The van der Waals surface area contributed by atoms with Gasteiger partial charge in [-0.15, -0.1) is 0 Å². The number of nitrogens with zero attached hydrogens (tertiary/aromatic N) is 1. The van der Waals surface area contributed by atoms with E-state index in [0.717, 1.165) is 19.3 Å². The molecule has 0 bridgehead atoms. The molecule has 1 N–H and O–H groups in total. The number of carbonyl (C=O) groups is 2. The number of piperidine rings is 1. The first kappa shape index (κ1) is 24.7. The Morgan fingerprint density at radius 1 is 1.03 bits per heavy atom. The largest absolute Gasteiger partial charge is 0.495 e. The van der Waals surface area contributed by atoms with Gasteiger partial charge in [0.2, 0.25) is 15.9 Å². The van der Waals surface area contributed by atoms with E-state index in [1.807, 2.05) is 0 Å². The second-order valence-corrected chi connectivity index (χ2v) is 9.85. The fraction of sp³-hybridized carbons (Fsp3) is 0.417. The lowest BCUT2D eigenvalue weighted by Gasteiger charge is -2.26. The van der Waals surface area contributed by atoms with Crippen LogP contribution in [0.4, 0.5) is 5.69 Å². The number of hydrogen-bond donors (Lipinski definition) is 1. The van der Waals surface area contributed by atoms with Gasteiger partial charge in [-0.3, -0.25) is 9.59 Å². The van der Waals surface area contributed by atoms with Crippen LogP contribution in [0.5, 0.6) is 11.5 Å². The molecule has 1 saturated heterocycles. The molecule has 178 valence electrons. The van der Waals surface area contributed by atoms with Crippen molar-refractivity contribution in [3.05, 3.63) is 48.0 Å². The molecule has 8 nitrogen and oxygen atoms in total. The molecule has 1 aliphatic heterocycles. The van der Waals surface area contributed by atoms with Crippen molar-refractivity contribution in [2.75, 3.05) is 32.1 Å². The molecule has 33 heavy (non-hydrogen) atoms. The number of methoxy groups -OCH3 is 1. The molecule has 1 aliphatic rings. The SMILES string of the molecule is COc1ccc(S(=O)(=O)N2CCCCC2)cc1NC(=O)CCCOc1ccc(C(C)=O)cc1. The Hall–Kier alpha value is -2.91. The molecule has 0 aromatic heterocycles. The summed E-state index contributed by atoms with van der Waals surface area (Å²) in [6.07, 6.45) is 3.39. The lowest BCUT2D eigenvalue weighted by Crippen LogP contribution is -2.35. The Morgan fingerprint density at radius 2 is 1.73 bits per heavy atom. The van der Waals surface area contributed by atoms with Gasteiger partial charge in [-0.05, 0) is 68.7 Å². The summed E-state index contributed by atoms with van der Waals surface area (Å²) in [6.45, 7) is 2.84. The van der Waals surface area contributed by atoms with Gasteiger partial charge < -0.3 is 14.8 Å². The van der Waals surface area contributed by atoms with Gasteiger partial charge in [-0.25, -0.2) is 8.42 Å². The van der Waals surface area contributed by atoms with E-state index in [1.165, 1.54) is 30.5 Å². The molecule has 3 rings (SSSR count). The third kappa shape index (κ3) is 6.55. The van der Waals surface area contributed by atoms with Gasteiger partial charge >= 0.3 is 0 Å². The maximum Gasteiger partial charge on any atom is 0.243 e. The zero-order chi connectivity index (χ0) is 23.8. The smallest absolute Gasteiger partial charge is 0.243 e. The Labute approximate surface area is 194 Å². The highest BCUT2D eigenvalue weighted by Crippen LogP contribution is 2.30. The number of ether oxygens (including phenoxy) is 2. The van der Waals surface area contributed by atoms with Crippen molar-refractivity contribution < 1.29 is 27.5 Å². The second kappa shape index (κ2) is 11.3. The van der Waals surface area contributed by atoms with E-state index in [2.05, 4.69) is 5.32 Å². The number of sulfonamides is 1. The van der Waals surface area contributed by atoms with E-state index >= 15 is 0 Å². The van der Waals surface area contributed by atoms with Crippen molar-refractivity contribution in [1.29, 1.82) is 0 Å². The van der Waals surface area contributed by atoms with E-state index in [9.17, 15) is 18.0 Å². The standard InChI is InChI=1S/C24H30N2O6S/c1-18(27)19-8-10-20(11-9-19)32-16-6-7-24(28)25-22-17-21(12-13-23(22)31-2)33(29,30)26-14-4-3-5-15-26/h8-13,17H,3-7,14-16H2,1-2H3,(H,25,28). The molecular formula is C24H30N2O6S. The van der Waals surface area contributed by atoms with Crippen molar-refractivity contribution in [2.24, 2.45) is 0 Å². The first-order valence-corrected chi connectivity index (χ1v) is 12.5. The molecule has 0 radical (unpaired) electrons. The number of ketones is 1. The minimum atomic E-state index is -3.62. The van der Waals surface area contributed by atoms with Gasteiger partial charge in [-0.1, -0.05) is 6.42 Å². The molecule has 2 aromatic rings. The third-order valence-electron chi connectivity index (χ3n) is 5.48. The van der Waals surface area contributed by atoms with Gasteiger partial charge in [0.1, 0.15) is 11.5 Å². The van der Waals surface area contributed by atoms with Crippen LogP contribution in [0.15, 0.2) is 47.4 Å². The molecule has 0 atom stereocenters. The van der Waals surface area contributed by atoms with Crippen LogP contribution in [-0.4, -0.2) is 51.2 Å². The molecule has 2 aromatic carbocycles. The number of nitrogens with one attached hydrogen (secondary N) is 1. The van der Waals surface area contributed by atoms with Crippen LogP contribution >= 0.6 is 0 Å². The number of benzene rings is 2. The van der Waals surface area contributed by atoms with Crippen LogP contribution in [-0.2, 0) is 14.8 Å². The first-order chi connectivity index (χ1) is 15.8. The van der Waals surface area contributed by atoms with Crippen LogP contribution in [0.2, 0.25) is 0 Å². The number of carbonyl (C=O) groups excluding carboxylic acids is 2. The summed E-state index contributed by atoms with van der Waals surface area (Å²) in [6, 6.07) is 11.3. The van der Waals surface area contributed by atoms with Gasteiger partial charge in [0.25, 0.3) is 0 Å². The maximum atomic E-state index is 13.0. The van der Waals surface area contributed by atoms with E-state index in [-0.39, 0.29) is 23.0 Å². The van der Waals surface area contributed by atoms with E-state index in [0.29, 0.717) is 48.9 Å². The molecule has 1 amide bonds. The second-order valence-electron chi connectivity index (χ2n) is 7.91. The maximum absolute atomic E-state index is 13.0. The molecule has 1 fully saturated rings. The summed E-state index contributed by atoms with van der Waals surface area (Å²) < 4.78 is 38.3. The highest BCUT2D eigenvalue weighted by molar-refractivity contribution is 7.89. The molecule has 0 unspecified atom stereocenters. The van der Waals surface area contributed by atoms with Gasteiger partial charge in [0.15, 0.2) is 5.78 Å². The Bertz CT molecular complexity index is 1080. The first-order valence-electron chi connectivity index (χ1n) is 11.0. The van der Waals surface area contributed by atoms with Crippen molar-refractivity contribution in [2.45, 2.75) is 43.9 Å². The van der Waals surface area contributed by atoms with E-state index < -0.39 is 10.0 Å². The minimum absolute atomic E-state index is 0.0125. The van der Waals surface area contributed by atoms with Crippen molar-refractivity contribution >= 4 is 27.4 Å². The molecule has 1 heterocycles. The average Bonchev–Trinajstić information content (AvgIpc) is 2.82. The third-order valence-corrected chi connectivity index (χ3v) is 7.37. The number of rotatable bonds is 10. The van der Waals surface area contributed by atoms with E-state index in [1.54, 1.807) is 30.3 Å². The quantitative estimate of drug-likeness (QED) is 0.414. The van der Waals surface area contributed by atoms with Crippen molar-refractivity contribution in [3.8, 4) is 11.5 Å². The van der Waals surface area contributed by atoms with Crippen LogP contribution in [0.1, 0.15) is 49.4 Å². The fourth-order valence-corrected chi connectivity index (χ4v) is 5.16.